The Kier molecular flexibility index (Phi) is 6.78. The molecule has 0 amide bonds. The fourth-order valence-electron chi connectivity index (χ4n) is 1.64. The Hall–Kier alpha value is -0.380. The van der Waals surface area contributed by atoms with Crippen LogP contribution in [0.15, 0.2) is 28.7 Å². The first-order valence-corrected chi connectivity index (χ1v) is 6.87. The molecule has 0 heterocycles. The first kappa shape index (κ1) is 14.7. The molecule has 1 N–H and O–H groups in total. The molecular weight excluding hydrogens is 280 g/mol. The van der Waals surface area contributed by atoms with E-state index in [1.807, 2.05) is 24.3 Å². The maximum absolute atomic E-state index is 9.39. The highest BCUT2D eigenvalue weighted by Gasteiger charge is 2.10. The fourth-order valence-corrected chi connectivity index (χ4v) is 1.91. The molecule has 3 heteroatoms. The highest BCUT2D eigenvalue weighted by Crippen LogP contribution is 2.21. The molecule has 0 aromatic heterocycles. The van der Waals surface area contributed by atoms with E-state index in [0.717, 1.165) is 17.5 Å². The van der Waals surface area contributed by atoms with Crippen molar-refractivity contribution in [2.45, 2.75) is 26.2 Å². The van der Waals surface area contributed by atoms with Gasteiger partial charge in [0.25, 0.3) is 0 Å². The van der Waals surface area contributed by atoms with E-state index >= 15 is 0 Å². The van der Waals surface area contributed by atoms with Gasteiger partial charge in [-0.25, -0.2) is 0 Å². The Bertz CT molecular complexity index is 309. The smallest absolute Gasteiger partial charge is 0.0500 e. The Balaban J connectivity index is 2.40. The first-order valence-electron chi connectivity index (χ1n) is 6.07. The molecule has 0 spiro atoms. The first-order chi connectivity index (χ1) is 8.13. The van der Waals surface area contributed by atoms with Crippen LogP contribution in [-0.2, 0) is 4.74 Å². The summed E-state index contributed by atoms with van der Waals surface area (Å²) in [5.41, 5.74) is 1.17. The average Bonchev–Trinajstić information content (AvgIpc) is 2.30. The third-order valence-electron chi connectivity index (χ3n) is 2.62. The molecule has 1 rings (SSSR count). The third-order valence-corrected chi connectivity index (χ3v) is 3.15. The van der Waals surface area contributed by atoms with Crippen molar-refractivity contribution < 1.29 is 9.84 Å². The van der Waals surface area contributed by atoms with Crippen LogP contribution in [0.1, 0.15) is 31.7 Å². The predicted octanol–water partition coefficient (Wildman–Crippen LogP) is 3.59. The Labute approximate surface area is 112 Å². The molecule has 0 aliphatic rings. The van der Waals surface area contributed by atoms with Crippen molar-refractivity contribution in [2.24, 2.45) is 5.92 Å². The molecule has 0 saturated carbocycles. The SMILES string of the molecule is CC(C)COCCC(CO)c1ccc(Br)cc1. The largest absolute Gasteiger partial charge is 0.396 e. The van der Waals surface area contributed by atoms with Gasteiger partial charge in [-0.05, 0) is 30.0 Å². The van der Waals surface area contributed by atoms with E-state index in [1.165, 1.54) is 5.56 Å². The van der Waals surface area contributed by atoms with Gasteiger partial charge in [-0.3, -0.25) is 0 Å². The van der Waals surface area contributed by atoms with Gasteiger partial charge in [-0.15, -0.1) is 0 Å². The highest BCUT2D eigenvalue weighted by molar-refractivity contribution is 9.10. The van der Waals surface area contributed by atoms with Crippen LogP contribution in [-0.4, -0.2) is 24.9 Å². The molecule has 0 bridgehead atoms. The number of rotatable bonds is 7. The van der Waals surface area contributed by atoms with Crippen LogP contribution < -0.4 is 0 Å². The molecule has 0 saturated heterocycles. The van der Waals surface area contributed by atoms with Crippen molar-refractivity contribution in [1.29, 1.82) is 0 Å². The molecule has 2 nitrogen and oxygen atoms in total. The average molecular weight is 301 g/mol. The van der Waals surface area contributed by atoms with Gasteiger partial charge in [-0.1, -0.05) is 41.9 Å². The summed E-state index contributed by atoms with van der Waals surface area (Å²) in [4.78, 5) is 0. The molecule has 0 aliphatic heterocycles. The standard InChI is InChI=1S/C14H21BrO2/c1-11(2)10-17-8-7-13(9-16)12-3-5-14(15)6-4-12/h3-6,11,13,16H,7-10H2,1-2H3. The highest BCUT2D eigenvalue weighted by atomic mass is 79.9. The van der Waals surface area contributed by atoms with E-state index in [0.29, 0.717) is 12.5 Å². The summed E-state index contributed by atoms with van der Waals surface area (Å²) in [6.07, 6.45) is 0.866. The van der Waals surface area contributed by atoms with Crippen LogP contribution in [0.3, 0.4) is 0 Å². The zero-order valence-corrected chi connectivity index (χ0v) is 12.1. The molecule has 0 aliphatic carbocycles. The summed E-state index contributed by atoms with van der Waals surface area (Å²) in [6.45, 7) is 5.95. The van der Waals surface area contributed by atoms with E-state index in [-0.39, 0.29) is 12.5 Å². The molecule has 17 heavy (non-hydrogen) atoms. The zero-order valence-electron chi connectivity index (χ0n) is 10.5. The number of hydrogen-bond donors (Lipinski definition) is 1. The molecule has 1 aromatic carbocycles. The van der Waals surface area contributed by atoms with E-state index in [9.17, 15) is 5.11 Å². The van der Waals surface area contributed by atoms with Crippen LogP contribution in [0.2, 0.25) is 0 Å². The number of aliphatic hydroxyl groups is 1. The summed E-state index contributed by atoms with van der Waals surface area (Å²) >= 11 is 3.41. The van der Waals surface area contributed by atoms with E-state index in [1.54, 1.807) is 0 Å². The summed E-state index contributed by atoms with van der Waals surface area (Å²) in [5.74, 6) is 0.741. The Morgan fingerprint density at radius 2 is 1.88 bits per heavy atom. The normalized spacial score (nSPS) is 13.0. The summed E-state index contributed by atoms with van der Waals surface area (Å²) in [7, 11) is 0. The second-order valence-electron chi connectivity index (χ2n) is 4.69. The second kappa shape index (κ2) is 7.85. The van der Waals surface area contributed by atoms with Crippen molar-refractivity contribution >= 4 is 15.9 Å². The van der Waals surface area contributed by atoms with Gasteiger partial charge in [0.1, 0.15) is 0 Å². The van der Waals surface area contributed by atoms with Crippen LogP contribution >= 0.6 is 15.9 Å². The quantitative estimate of drug-likeness (QED) is 0.780. The number of benzene rings is 1. The zero-order chi connectivity index (χ0) is 12.7. The van der Waals surface area contributed by atoms with E-state index < -0.39 is 0 Å². The molecule has 1 atom stereocenters. The maximum atomic E-state index is 9.39. The minimum atomic E-state index is 0.173. The van der Waals surface area contributed by atoms with Gasteiger partial charge in [0.15, 0.2) is 0 Å². The van der Waals surface area contributed by atoms with E-state index in [4.69, 9.17) is 4.74 Å². The van der Waals surface area contributed by atoms with Gasteiger partial charge in [-0.2, -0.15) is 0 Å². The monoisotopic (exact) mass is 300 g/mol. The minimum absolute atomic E-state index is 0.173. The van der Waals surface area contributed by atoms with Crippen LogP contribution in [0, 0.1) is 5.92 Å². The molecule has 1 unspecified atom stereocenters. The lowest BCUT2D eigenvalue weighted by Crippen LogP contribution is -2.10. The lowest BCUT2D eigenvalue weighted by molar-refractivity contribution is 0.0977. The predicted molar refractivity (Wildman–Crippen MR) is 74.2 cm³/mol. The number of ether oxygens (including phenoxy) is 1. The maximum Gasteiger partial charge on any atom is 0.0500 e. The molecule has 1 aromatic rings. The van der Waals surface area contributed by atoms with E-state index in [2.05, 4.69) is 29.8 Å². The van der Waals surface area contributed by atoms with Crippen LogP contribution in [0.25, 0.3) is 0 Å². The van der Waals surface area contributed by atoms with Gasteiger partial charge in [0.05, 0.1) is 6.61 Å². The molecular formula is C14H21BrO2. The Morgan fingerprint density at radius 1 is 1.24 bits per heavy atom. The topological polar surface area (TPSA) is 29.5 Å². The van der Waals surface area contributed by atoms with Gasteiger partial charge in [0, 0.05) is 23.6 Å². The summed E-state index contributed by atoms with van der Waals surface area (Å²) < 4.78 is 6.62. The number of halogens is 1. The van der Waals surface area contributed by atoms with Gasteiger partial charge < -0.3 is 9.84 Å². The van der Waals surface area contributed by atoms with Crippen molar-refractivity contribution in [3.8, 4) is 0 Å². The van der Waals surface area contributed by atoms with Gasteiger partial charge >= 0.3 is 0 Å². The van der Waals surface area contributed by atoms with Gasteiger partial charge in [0.2, 0.25) is 0 Å². The van der Waals surface area contributed by atoms with Crippen molar-refractivity contribution in [3.63, 3.8) is 0 Å². The molecule has 0 radical (unpaired) electrons. The third kappa shape index (κ3) is 5.66. The number of hydrogen-bond acceptors (Lipinski definition) is 2. The lowest BCUT2D eigenvalue weighted by atomic mass is 9.97. The van der Waals surface area contributed by atoms with Crippen LogP contribution in [0.4, 0.5) is 0 Å². The van der Waals surface area contributed by atoms with Crippen molar-refractivity contribution in [2.75, 3.05) is 19.8 Å². The Morgan fingerprint density at radius 3 is 2.41 bits per heavy atom. The fraction of sp³-hybridized carbons (Fsp3) is 0.571. The van der Waals surface area contributed by atoms with Crippen molar-refractivity contribution in [3.05, 3.63) is 34.3 Å². The van der Waals surface area contributed by atoms with Crippen molar-refractivity contribution in [1.82, 2.24) is 0 Å². The molecule has 0 fully saturated rings. The van der Waals surface area contributed by atoms with Crippen LogP contribution in [0.5, 0.6) is 0 Å². The molecule has 96 valence electrons. The number of aliphatic hydroxyl groups excluding tert-OH is 1. The lowest BCUT2D eigenvalue weighted by Gasteiger charge is -2.15. The summed E-state index contributed by atoms with van der Waals surface area (Å²) in [6, 6.07) is 8.11. The second-order valence-corrected chi connectivity index (χ2v) is 5.60. The summed E-state index contributed by atoms with van der Waals surface area (Å²) in [5, 5.41) is 9.39. The minimum Gasteiger partial charge on any atom is -0.396 e.